The quantitative estimate of drug-likeness (QED) is 0.922. The monoisotopic (exact) mass is 317 g/mol. The Morgan fingerprint density at radius 2 is 2.30 bits per heavy atom. The van der Waals surface area contributed by atoms with Gasteiger partial charge in [-0.05, 0) is 24.6 Å². The molecule has 1 unspecified atom stereocenters. The Morgan fingerprint density at radius 1 is 1.48 bits per heavy atom. The first-order chi connectivity index (χ1) is 11.2. The molecule has 1 atom stereocenters. The maximum absolute atomic E-state index is 13.5. The van der Waals surface area contributed by atoms with Gasteiger partial charge < -0.3 is 9.64 Å². The Balaban J connectivity index is 1.58. The van der Waals surface area contributed by atoms with E-state index in [4.69, 9.17) is 4.74 Å². The first kappa shape index (κ1) is 15.5. The number of benzene rings is 1. The van der Waals surface area contributed by atoms with Crippen molar-refractivity contribution in [1.29, 1.82) is 0 Å². The van der Waals surface area contributed by atoms with Crippen molar-refractivity contribution in [2.24, 2.45) is 0 Å². The summed E-state index contributed by atoms with van der Waals surface area (Å²) in [6.07, 6.45) is 1.46. The summed E-state index contributed by atoms with van der Waals surface area (Å²) in [4.78, 5) is 13.6. The number of rotatable bonds is 5. The number of ether oxygens (including phenoxy) is 1. The van der Waals surface area contributed by atoms with Crippen molar-refractivity contribution in [1.82, 2.24) is 15.1 Å². The normalized spacial score (nSPS) is 17.5. The molecule has 0 bridgehead atoms. The maximum Gasteiger partial charge on any atom is 0.222 e. The molecule has 1 aliphatic heterocycles. The van der Waals surface area contributed by atoms with E-state index in [0.717, 1.165) is 24.4 Å². The van der Waals surface area contributed by atoms with Gasteiger partial charge >= 0.3 is 0 Å². The van der Waals surface area contributed by atoms with Gasteiger partial charge in [0, 0.05) is 25.4 Å². The minimum Gasteiger partial charge on any atom is -0.484 e. The Hall–Kier alpha value is -2.37. The van der Waals surface area contributed by atoms with Gasteiger partial charge in [-0.3, -0.25) is 9.89 Å². The molecule has 1 saturated heterocycles. The number of aromatic nitrogens is 2. The molecule has 1 fully saturated rings. The highest BCUT2D eigenvalue weighted by molar-refractivity contribution is 5.76. The summed E-state index contributed by atoms with van der Waals surface area (Å²) < 4.78 is 19.0. The topological polar surface area (TPSA) is 58.2 Å². The molecule has 1 aliphatic rings. The molecule has 1 amide bonds. The van der Waals surface area contributed by atoms with Gasteiger partial charge in [0.05, 0.1) is 11.4 Å². The van der Waals surface area contributed by atoms with Crippen molar-refractivity contribution in [3.05, 3.63) is 47.5 Å². The van der Waals surface area contributed by atoms with Crippen LogP contribution in [0.4, 0.5) is 4.39 Å². The average Bonchev–Trinajstić information content (AvgIpc) is 3.22. The van der Waals surface area contributed by atoms with Crippen LogP contribution in [0.5, 0.6) is 5.75 Å². The number of likely N-dealkylation sites (tertiary alicyclic amines) is 1. The average molecular weight is 317 g/mol. The molecule has 6 heteroatoms. The van der Waals surface area contributed by atoms with E-state index in [1.165, 1.54) is 6.07 Å². The third-order valence-corrected chi connectivity index (χ3v) is 4.13. The van der Waals surface area contributed by atoms with Crippen LogP contribution in [0.2, 0.25) is 0 Å². The standard InChI is InChI=1S/C17H20FN3O2/c1-2-17(22)21-8-7-12(10-21)15-9-13(19-20-15)11-23-16-6-4-3-5-14(16)18/h3-6,9,12H,2,7-8,10-11H2,1H3,(H,19,20). The first-order valence-corrected chi connectivity index (χ1v) is 7.86. The molecule has 0 saturated carbocycles. The second-order valence-electron chi connectivity index (χ2n) is 5.72. The number of amides is 1. The van der Waals surface area contributed by atoms with Crippen molar-refractivity contribution < 1.29 is 13.9 Å². The largest absolute Gasteiger partial charge is 0.484 e. The summed E-state index contributed by atoms with van der Waals surface area (Å²) in [7, 11) is 0. The van der Waals surface area contributed by atoms with Gasteiger partial charge in [-0.2, -0.15) is 5.10 Å². The SMILES string of the molecule is CCC(=O)N1CCC(c2cc(COc3ccccc3F)[nH]n2)C1. The van der Waals surface area contributed by atoms with Gasteiger partial charge in [-0.15, -0.1) is 0 Å². The zero-order valence-corrected chi connectivity index (χ0v) is 13.1. The number of carbonyl (C=O) groups excluding carboxylic acids is 1. The van der Waals surface area contributed by atoms with Crippen molar-refractivity contribution in [2.75, 3.05) is 13.1 Å². The van der Waals surface area contributed by atoms with Crippen LogP contribution in [0.1, 0.15) is 37.1 Å². The maximum atomic E-state index is 13.5. The highest BCUT2D eigenvalue weighted by Gasteiger charge is 2.28. The summed E-state index contributed by atoms with van der Waals surface area (Å²) in [5.41, 5.74) is 1.73. The Kier molecular flexibility index (Phi) is 4.60. The minimum atomic E-state index is -0.378. The molecule has 2 heterocycles. The molecular formula is C17H20FN3O2. The van der Waals surface area contributed by atoms with Crippen molar-refractivity contribution in [2.45, 2.75) is 32.3 Å². The second-order valence-corrected chi connectivity index (χ2v) is 5.72. The van der Waals surface area contributed by atoms with E-state index in [-0.39, 0.29) is 30.0 Å². The molecular weight excluding hydrogens is 297 g/mol. The smallest absolute Gasteiger partial charge is 0.222 e. The third kappa shape index (κ3) is 3.52. The Labute approximate surface area is 134 Å². The molecule has 2 aromatic rings. The Bertz CT molecular complexity index is 686. The summed E-state index contributed by atoms with van der Waals surface area (Å²) in [6.45, 7) is 3.61. The molecule has 122 valence electrons. The van der Waals surface area contributed by atoms with E-state index < -0.39 is 0 Å². The van der Waals surface area contributed by atoms with Crippen LogP contribution in [-0.4, -0.2) is 34.1 Å². The van der Waals surface area contributed by atoms with Crippen LogP contribution in [0.3, 0.4) is 0 Å². The molecule has 0 spiro atoms. The zero-order chi connectivity index (χ0) is 16.2. The lowest BCUT2D eigenvalue weighted by atomic mass is 10.1. The van der Waals surface area contributed by atoms with Gasteiger partial charge in [-0.25, -0.2) is 4.39 Å². The predicted molar refractivity (Wildman–Crippen MR) is 83.5 cm³/mol. The molecule has 1 aromatic carbocycles. The number of hydrogen-bond donors (Lipinski definition) is 1. The van der Waals surface area contributed by atoms with Gasteiger partial charge in [0.1, 0.15) is 6.61 Å². The van der Waals surface area contributed by atoms with Crippen LogP contribution >= 0.6 is 0 Å². The predicted octanol–water partition coefficient (Wildman–Crippen LogP) is 2.85. The third-order valence-electron chi connectivity index (χ3n) is 4.13. The number of H-pyrrole nitrogens is 1. The molecule has 0 radical (unpaired) electrons. The van der Waals surface area contributed by atoms with Crippen molar-refractivity contribution in [3.63, 3.8) is 0 Å². The van der Waals surface area contributed by atoms with Gasteiger partial charge in [0.25, 0.3) is 0 Å². The lowest BCUT2D eigenvalue weighted by Crippen LogP contribution is -2.27. The Morgan fingerprint density at radius 3 is 3.09 bits per heavy atom. The van der Waals surface area contributed by atoms with Crippen LogP contribution in [0.15, 0.2) is 30.3 Å². The van der Waals surface area contributed by atoms with Crippen LogP contribution in [0.25, 0.3) is 0 Å². The summed E-state index contributed by atoms with van der Waals surface area (Å²) >= 11 is 0. The summed E-state index contributed by atoms with van der Waals surface area (Å²) in [5.74, 6) is 0.288. The highest BCUT2D eigenvalue weighted by atomic mass is 19.1. The van der Waals surface area contributed by atoms with E-state index in [1.807, 2.05) is 17.9 Å². The van der Waals surface area contributed by atoms with E-state index in [0.29, 0.717) is 13.0 Å². The van der Waals surface area contributed by atoms with E-state index in [9.17, 15) is 9.18 Å². The number of para-hydroxylation sites is 1. The molecule has 1 N–H and O–H groups in total. The van der Waals surface area contributed by atoms with Gasteiger partial charge in [0.15, 0.2) is 11.6 Å². The van der Waals surface area contributed by atoms with Crippen LogP contribution < -0.4 is 4.74 Å². The molecule has 23 heavy (non-hydrogen) atoms. The number of halogens is 1. The second kappa shape index (κ2) is 6.81. The number of nitrogens with zero attached hydrogens (tertiary/aromatic N) is 2. The minimum absolute atomic E-state index is 0.186. The molecule has 3 rings (SSSR count). The van der Waals surface area contributed by atoms with Crippen molar-refractivity contribution in [3.8, 4) is 5.75 Å². The van der Waals surface area contributed by atoms with E-state index in [1.54, 1.807) is 18.2 Å². The number of hydrogen-bond acceptors (Lipinski definition) is 3. The lowest BCUT2D eigenvalue weighted by molar-refractivity contribution is -0.129. The number of nitrogens with one attached hydrogen (secondary N) is 1. The fourth-order valence-corrected chi connectivity index (χ4v) is 2.83. The number of carbonyl (C=O) groups is 1. The van der Waals surface area contributed by atoms with Gasteiger partial charge in [0.2, 0.25) is 5.91 Å². The van der Waals surface area contributed by atoms with Crippen molar-refractivity contribution >= 4 is 5.91 Å². The molecule has 1 aromatic heterocycles. The number of aromatic amines is 1. The van der Waals surface area contributed by atoms with E-state index in [2.05, 4.69) is 10.2 Å². The lowest BCUT2D eigenvalue weighted by Gasteiger charge is -2.14. The summed E-state index contributed by atoms with van der Waals surface area (Å²) in [6, 6.07) is 8.25. The molecule has 0 aliphatic carbocycles. The van der Waals surface area contributed by atoms with E-state index >= 15 is 0 Å². The van der Waals surface area contributed by atoms with Crippen LogP contribution in [0, 0.1) is 5.82 Å². The fraction of sp³-hybridized carbons (Fsp3) is 0.412. The molecule has 5 nitrogen and oxygen atoms in total. The van der Waals surface area contributed by atoms with Crippen LogP contribution in [-0.2, 0) is 11.4 Å². The highest BCUT2D eigenvalue weighted by Crippen LogP contribution is 2.27. The van der Waals surface area contributed by atoms with Gasteiger partial charge in [-0.1, -0.05) is 19.1 Å². The summed E-state index contributed by atoms with van der Waals surface area (Å²) in [5, 5.41) is 7.25. The zero-order valence-electron chi connectivity index (χ0n) is 13.1. The first-order valence-electron chi connectivity index (χ1n) is 7.86. The fourth-order valence-electron chi connectivity index (χ4n) is 2.83.